The lowest BCUT2D eigenvalue weighted by Gasteiger charge is -2.33. The van der Waals surface area contributed by atoms with Gasteiger partial charge in [0, 0.05) is 12.3 Å². The van der Waals surface area contributed by atoms with E-state index in [2.05, 4.69) is 0 Å². The molecule has 1 saturated heterocycles. The average Bonchev–Trinajstić information content (AvgIpc) is 2.66. The first-order valence-corrected chi connectivity index (χ1v) is 9.05. The van der Waals surface area contributed by atoms with Crippen LogP contribution in [0, 0.1) is 5.92 Å². The van der Waals surface area contributed by atoms with Crippen LogP contribution in [0.15, 0.2) is 23.3 Å². The van der Waals surface area contributed by atoms with Crippen LogP contribution in [0.5, 0.6) is 0 Å². The number of ether oxygens (including phenoxy) is 1. The molecule has 1 heterocycles. The molecule has 3 atom stereocenters. The minimum Gasteiger partial charge on any atom is -0.392 e. The number of aliphatic hydroxyl groups excluding tert-OH is 2. The first-order chi connectivity index (χ1) is 11.3. The second-order valence-electron chi connectivity index (χ2n) is 7.45. The van der Waals surface area contributed by atoms with Crippen molar-refractivity contribution in [2.24, 2.45) is 5.92 Å². The van der Waals surface area contributed by atoms with E-state index in [0.29, 0.717) is 19.4 Å². The van der Waals surface area contributed by atoms with E-state index in [4.69, 9.17) is 9.84 Å². The van der Waals surface area contributed by atoms with Crippen LogP contribution < -0.4 is 0 Å². The molecule has 0 radical (unpaired) electrons. The topological polar surface area (TPSA) is 66.8 Å². The van der Waals surface area contributed by atoms with Crippen LogP contribution >= 0.6 is 0 Å². The highest BCUT2D eigenvalue weighted by molar-refractivity contribution is 5.82. The average molecular weight is 338 g/mol. The van der Waals surface area contributed by atoms with Gasteiger partial charge in [0.1, 0.15) is 5.78 Å². The molecular weight excluding hydrogens is 304 g/mol. The summed E-state index contributed by atoms with van der Waals surface area (Å²) in [4.78, 5) is 12.1. The van der Waals surface area contributed by atoms with Gasteiger partial charge in [0.2, 0.25) is 0 Å². The number of Topliss-reactive ketones (excluding diaryl/α,β-unsaturated/α-hetero) is 1. The molecule has 0 saturated carbocycles. The Morgan fingerprint density at radius 1 is 1.46 bits per heavy atom. The molecule has 1 unspecified atom stereocenters. The van der Waals surface area contributed by atoms with Crippen LogP contribution in [0.3, 0.4) is 0 Å². The molecule has 1 rings (SSSR count). The third kappa shape index (κ3) is 6.88. The standard InChI is InChI=1S/C20H34O4/c1-15(2)7-9-18(22)16(3)6-5-12-20(4)19(23)10-8-17(11-13-21)14-24-20/h7,11,16,19,21,23H,5-6,8-10,12-14H2,1-4H3/b17-11-/t16?,19-,20+/m1/s1. The summed E-state index contributed by atoms with van der Waals surface area (Å²) in [5, 5.41) is 19.4. The molecule has 0 spiro atoms. The predicted molar refractivity (Wildman–Crippen MR) is 96.8 cm³/mol. The fourth-order valence-electron chi connectivity index (χ4n) is 3.01. The van der Waals surface area contributed by atoms with E-state index in [0.717, 1.165) is 31.3 Å². The monoisotopic (exact) mass is 338 g/mol. The third-order valence-corrected chi connectivity index (χ3v) is 4.98. The van der Waals surface area contributed by atoms with Gasteiger partial charge in [0.15, 0.2) is 0 Å². The van der Waals surface area contributed by atoms with Crippen molar-refractivity contribution in [2.75, 3.05) is 13.2 Å². The van der Waals surface area contributed by atoms with Crippen LogP contribution in [-0.2, 0) is 9.53 Å². The summed E-state index contributed by atoms with van der Waals surface area (Å²) in [7, 11) is 0. The largest absolute Gasteiger partial charge is 0.392 e. The first-order valence-electron chi connectivity index (χ1n) is 9.05. The smallest absolute Gasteiger partial charge is 0.139 e. The zero-order valence-corrected chi connectivity index (χ0v) is 15.7. The van der Waals surface area contributed by atoms with E-state index in [-0.39, 0.29) is 18.3 Å². The zero-order chi connectivity index (χ0) is 18.2. The lowest BCUT2D eigenvalue weighted by atomic mass is 9.87. The van der Waals surface area contributed by atoms with Crippen molar-refractivity contribution in [3.8, 4) is 0 Å². The van der Waals surface area contributed by atoms with Gasteiger partial charge in [-0.2, -0.15) is 0 Å². The van der Waals surface area contributed by atoms with Crippen LogP contribution in [0.25, 0.3) is 0 Å². The lowest BCUT2D eigenvalue weighted by molar-refractivity contribution is -0.122. The van der Waals surface area contributed by atoms with E-state index >= 15 is 0 Å². The van der Waals surface area contributed by atoms with Crippen LogP contribution in [-0.4, -0.2) is 40.9 Å². The Morgan fingerprint density at radius 2 is 2.17 bits per heavy atom. The van der Waals surface area contributed by atoms with Crippen molar-refractivity contribution in [1.29, 1.82) is 0 Å². The number of carbonyl (C=O) groups excluding carboxylic acids is 1. The van der Waals surface area contributed by atoms with E-state index < -0.39 is 11.7 Å². The number of allylic oxidation sites excluding steroid dienone is 2. The van der Waals surface area contributed by atoms with Gasteiger partial charge < -0.3 is 14.9 Å². The normalized spacial score (nSPS) is 27.6. The SMILES string of the molecule is CC(C)=CCC(=O)C(C)CCC[C@]1(C)OC/C(=C\CO)CC[C@H]1O. The van der Waals surface area contributed by atoms with Gasteiger partial charge >= 0.3 is 0 Å². The minimum absolute atomic E-state index is 0.0107. The molecule has 4 nitrogen and oxygen atoms in total. The quantitative estimate of drug-likeness (QED) is 0.664. The second kappa shape index (κ2) is 10.1. The fourth-order valence-corrected chi connectivity index (χ4v) is 3.01. The molecular formula is C20H34O4. The van der Waals surface area contributed by atoms with E-state index in [1.54, 1.807) is 6.08 Å². The predicted octanol–water partition coefficient (Wildman–Crippen LogP) is 3.57. The molecule has 24 heavy (non-hydrogen) atoms. The maximum absolute atomic E-state index is 12.1. The summed E-state index contributed by atoms with van der Waals surface area (Å²) in [5.74, 6) is 0.314. The Morgan fingerprint density at radius 3 is 2.79 bits per heavy atom. The summed E-state index contributed by atoms with van der Waals surface area (Å²) in [6, 6.07) is 0. The Hall–Kier alpha value is -0.970. The number of rotatable bonds is 8. The van der Waals surface area contributed by atoms with E-state index in [1.165, 1.54) is 5.57 Å². The van der Waals surface area contributed by atoms with Crippen molar-refractivity contribution in [1.82, 2.24) is 0 Å². The highest BCUT2D eigenvalue weighted by Crippen LogP contribution is 2.31. The zero-order valence-electron chi connectivity index (χ0n) is 15.7. The van der Waals surface area contributed by atoms with Crippen molar-refractivity contribution in [2.45, 2.75) is 77.9 Å². The van der Waals surface area contributed by atoms with Crippen molar-refractivity contribution in [3.05, 3.63) is 23.3 Å². The Kier molecular flexibility index (Phi) is 8.88. The maximum Gasteiger partial charge on any atom is 0.139 e. The summed E-state index contributed by atoms with van der Waals surface area (Å²) < 4.78 is 5.97. The molecule has 0 amide bonds. The summed E-state index contributed by atoms with van der Waals surface area (Å²) in [5.41, 5.74) is 1.64. The minimum atomic E-state index is -0.576. The van der Waals surface area contributed by atoms with E-state index in [1.807, 2.05) is 33.8 Å². The van der Waals surface area contributed by atoms with Crippen molar-refractivity contribution < 1.29 is 19.7 Å². The fraction of sp³-hybridized carbons (Fsp3) is 0.750. The molecule has 4 heteroatoms. The molecule has 1 aliphatic rings. The summed E-state index contributed by atoms with van der Waals surface area (Å²) in [6.45, 7) is 8.41. The summed E-state index contributed by atoms with van der Waals surface area (Å²) >= 11 is 0. The van der Waals surface area contributed by atoms with Gasteiger partial charge in [-0.25, -0.2) is 0 Å². The van der Waals surface area contributed by atoms with Gasteiger partial charge in [0.25, 0.3) is 0 Å². The van der Waals surface area contributed by atoms with Crippen LogP contribution in [0.1, 0.15) is 66.2 Å². The second-order valence-corrected chi connectivity index (χ2v) is 7.45. The van der Waals surface area contributed by atoms with Gasteiger partial charge in [-0.05, 0) is 58.4 Å². The highest BCUT2D eigenvalue weighted by atomic mass is 16.5. The Bertz CT molecular complexity index is 462. The third-order valence-electron chi connectivity index (χ3n) is 4.98. The molecule has 1 aliphatic heterocycles. The van der Waals surface area contributed by atoms with Crippen LogP contribution in [0.2, 0.25) is 0 Å². The number of carbonyl (C=O) groups is 1. The molecule has 0 bridgehead atoms. The lowest BCUT2D eigenvalue weighted by Crippen LogP contribution is -2.41. The summed E-state index contributed by atoms with van der Waals surface area (Å²) in [6.07, 6.45) is 7.56. The maximum atomic E-state index is 12.1. The van der Waals surface area contributed by atoms with Gasteiger partial charge in [-0.3, -0.25) is 4.79 Å². The molecule has 138 valence electrons. The number of hydrogen-bond donors (Lipinski definition) is 2. The van der Waals surface area contributed by atoms with Gasteiger partial charge in [-0.15, -0.1) is 0 Å². The number of hydrogen-bond acceptors (Lipinski definition) is 4. The van der Waals surface area contributed by atoms with Gasteiger partial charge in [0.05, 0.1) is 24.9 Å². The number of ketones is 1. The molecule has 0 aromatic carbocycles. The van der Waals surface area contributed by atoms with Crippen molar-refractivity contribution >= 4 is 5.78 Å². The highest BCUT2D eigenvalue weighted by Gasteiger charge is 2.35. The Balaban J connectivity index is 2.48. The van der Waals surface area contributed by atoms with E-state index in [9.17, 15) is 9.90 Å². The van der Waals surface area contributed by atoms with Crippen molar-refractivity contribution in [3.63, 3.8) is 0 Å². The first kappa shape index (κ1) is 21.1. The molecule has 1 fully saturated rings. The number of aliphatic hydroxyl groups is 2. The van der Waals surface area contributed by atoms with Crippen LogP contribution in [0.4, 0.5) is 0 Å². The van der Waals surface area contributed by atoms with Gasteiger partial charge in [-0.1, -0.05) is 24.6 Å². The Labute approximate surface area is 146 Å². The molecule has 0 aromatic rings. The molecule has 2 N–H and O–H groups in total. The molecule has 0 aromatic heterocycles. The molecule has 0 aliphatic carbocycles.